The van der Waals surface area contributed by atoms with Crippen LogP contribution in [0.3, 0.4) is 0 Å². The van der Waals surface area contributed by atoms with Crippen LogP contribution in [0.5, 0.6) is 0 Å². The Morgan fingerprint density at radius 1 is 1.12 bits per heavy atom. The van der Waals surface area contributed by atoms with Crippen molar-refractivity contribution in [3.8, 4) is 0 Å². The van der Waals surface area contributed by atoms with Gasteiger partial charge in [0, 0.05) is 13.1 Å². The zero-order valence-electron chi connectivity index (χ0n) is 18.3. The topological polar surface area (TPSA) is 187 Å². The lowest BCUT2D eigenvalue weighted by molar-refractivity contribution is -0.526. The maximum absolute atomic E-state index is 12.7. The molecule has 2 atom stereocenters. The predicted molar refractivity (Wildman–Crippen MR) is 110 cm³/mol. The van der Waals surface area contributed by atoms with Crippen molar-refractivity contribution in [2.24, 2.45) is 0 Å². The summed E-state index contributed by atoms with van der Waals surface area (Å²) < 4.78 is 5.16. The van der Waals surface area contributed by atoms with Gasteiger partial charge >= 0.3 is 6.09 Å². The van der Waals surface area contributed by atoms with E-state index in [1.165, 1.54) is 4.90 Å². The number of hydrazine groups is 1. The third-order valence-corrected chi connectivity index (χ3v) is 4.80. The molecule has 2 fully saturated rings. The Kier molecular flexibility index (Phi) is 7.94. The van der Waals surface area contributed by atoms with E-state index in [0.29, 0.717) is 32.2 Å². The van der Waals surface area contributed by atoms with Gasteiger partial charge < -0.3 is 20.3 Å². The molecule has 0 saturated carbocycles. The second kappa shape index (κ2) is 10.2. The minimum atomic E-state index is -0.958. The molecule has 4 N–H and O–H groups in total. The van der Waals surface area contributed by atoms with Gasteiger partial charge in [-0.2, -0.15) is 0 Å². The normalized spacial score (nSPS) is 21.6. The molecular formula is C18H29N7O7. The summed E-state index contributed by atoms with van der Waals surface area (Å²) in [5.41, 5.74) is 0.908. The van der Waals surface area contributed by atoms with E-state index in [-0.39, 0.29) is 13.1 Å². The lowest BCUT2D eigenvalue weighted by Crippen LogP contribution is -2.59. The van der Waals surface area contributed by atoms with Crippen LogP contribution in [0.1, 0.15) is 46.5 Å². The van der Waals surface area contributed by atoms with Gasteiger partial charge in [-0.1, -0.05) is 5.43 Å². The Morgan fingerprint density at radius 2 is 1.72 bits per heavy atom. The molecule has 0 bridgehead atoms. The van der Waals surface area contributed by atoms with Crippen molar-refractivity contribution < 1.29 is 28.9 Å². The van der Waals surface area contributed by atoms with Gasteiger partial charge in [0.15, 0.2) is 5.03 Å². The minimum absolute atomic E-state index is 0.119. The molecule has 14 nitrogen and oxygen atoms in total. The average molecular weight is 455 g/mol. The molecule has 14 heteroatoms. The molecule has 0 spiro atoms. The predicted octanol–water partition coefficient (Wildman–Crippen LogP) is -0.675. The number of carbonyl (C=O) groups is 4. The van der Waals surface area contributed by atoms with Gasteiger partial charge in [0.25, 0.3) is 11.9 Å². The van der Waals surface area contributed by atoms with Gasteiger partial charge in [-0.05, 0) is 46.5 Å². The lowest BCUT2D eigenvalue weighted by Gasteiger charge is -2.34. The first-order chi connectivity index (χ1) is 14.9. The number of hydrogen-bond acceptors (Lipinski definition) is 8. The molecular weight excluding hydrogens is 426 g/mol. The van der Waals surface area contributed by atoms with Crippen molar-refractivity contribution >= 4 is 29.8 Å². The van der Waals surface area contributed by atoms with E-state index in [0.717, 1.165) is 4.90 Å². The van der Waals surface area contributed by atoms with E-state index in [1.807, 2.05) is 0 Å². The van der Waals surface area contributed by atoms with Crippen molar-refractivity contribution in [3.63, 3.8) is 0 Å². The van der Waals surface area contributed by atoms with E-state index in [1.54, 1.807) is 26.2 Å². The van der Waals surface area contributed by atoms with Crippen LogP contribution >= 0.6 is 0 Å². The highest BCUT2D eigenvalue weighted by Gasteiger charge is 2.35. The number of guanidine groups is 1. The molecule has 2 aliphatic heterocycles. The Hall–Kier alpha value is -3.45. The monoisotopic (exact) mass is 455 g/mol. The summed E-state index contributed by atoms with van der Waals surface area (Å²) in [4.78, 5) is 62.3. The molecule has 2 aliphatic rings. The van der Waals surface area contributed by atoms with E-state index in [4.69, 9.17) is 10.1 Å². The Balaban J connectivity index is 1.90. The molecule has 2 heterocycles. The van der Waals surface area contributed by atoms with Gasteiger partial charge in [0.2, 0.25) is 11.8 Å². The van der Waals surface area contributed by atoms with E-state index in [2.05, 4.69) is 10.6 Å². The maximum Gasteiger partial charge on any atom is 0.408 e. The van der Waals surface area contributed by atoms with Gasteiger partial charge in [-0.25, -0.2) is 14.9 Å². The number of ether oxygens (including phenoxy) is 1. The largest absolute Gasteiger partial charge is 0.444 e. The zero-order chi connectivity index (χ0) is 24.1. The van der Waals surface area contributed by atoms with Crippen molar-refractivity contribution in [2.75, 3.05) is 19.6 Å². The highest BCUT2D eigenvalue weighted by atomic mass is 16.7. The molecule has 178 valence electrons. The molecule has 2 rings (SSSR count). The van der Waals surface area contributed by atoms with Crippen LogP contribution in [-0.4, -0.2) is 81.9 Å². The third-order valence-electron chi connectivity index (χ3n) is 4.80. The molecule has 0 aromatic carbocycles. The number of rotatable bonds is 5. The SMILES string of the molecule is CC(C)(C)OC(=O)NC1CCCN(CC(=O)N[C@@H]2CCCN(C(=N)N[N+](=O)[O-])C2=O)C1=O. The van der Waals surface area contributed by atoms with E-state index < -0.39 is 52.5 Å². The number of piperidine rings is 2. The van der Waals surface area contributed by atoms with Gasteiger partial charge in [0.05, 0.1) is 6.54 Å². The fraction of sp³-hybridized carbons (Fsp3) is 0.722. The fourth-order valence-electron chi connectivity index (χ4n) is 3.47. The average Bonchev–Trinajstić information content (AvgIpc) is 2.64. The van der Waals surface area contributed by atoms with Crippen molar-refractivity contribution in [3.05, 3.63) is 10.1 Å². The molecule has 0 radical (unpaired) electrons. The molecule has 32 heavy (non-hydrogen) atoms. The van der Waals surface area contributed by atoms with Crippen LogP contribution in [-0.2, 0) is 19.1 Å². The first-order valence-corrected chi connectivity index (χ1v) is 10.3. The van der Waals surface area contributed by atoms with E-state index in [9.17, 15) is 29.3 Å². The Bertz CT molecular complexity index is 795. The standard InChI is InChI=1S/C18H29N7O7/c1-18(2,3)32-17(29)21-11-6-4-8-23(14(11)27)10-13(26)20-12-7-5-9-24(15(12)28)16(19)22-25(30)31/h11-12H,4-10H2,1-3H3,(H2,19,22)(H,20,26)(H,21,29)/t11?,12-/m1/s1. The van der Waals surface area contributed by atoms with Gasteiger partial charge in [-0.15, -0.1) is 0 Å². The van der Waals surface area contributed by atoms with Gasteiger partial charge in [0.1, 0.15) is 17.7 Å². The highest BCUT2D eigenvalue weighted by Crippen LogP contribution is 2.15. The Labute approximate surface area is 184 Å². The molecule has 4 amide bonds. The first-order valence-electron chi connectivity index (χ1n) is 10.3. The maximum atomic E-state index is 12.7. The summed E-state index contributed by atoms with van der Waals surface area (Å²) in [5, 5.41) is 22.2. The number of nitro groups is 1. The van der Waals surface area contributed by atoms with Crippen LogP contribution in [0.4, 0.5) is 4.79 Å². The Morgan fingerprint density at radius 3 is 2.31 bits per heavy atom. The smallest absolute Gasteiger partial charge is 0.408 e. The number of nitrogens with zero attached hydrogens (tertiary/aromatic N) is 3. The third kappa shape index (κ3) is 7.06. The van der Waals surface area contributed by atoms with E-state index >= 15 is 0 Å². The molecule has 2 saturated heterocycles. The number of hydrogen-bond donors (Lipinski definition) is 4. The zero-order valence-corrected chi connectivity index (χ0v) is 18.3. The molecule has 1 unspecified atom stereocenters. The number of likely N-dealkylation sites (tertiary alicyclic amines) is 2. The number of amides is 4. The second-order valence-electron chi connectivity index (χ2n) is 8.57. The lowest BCUT2D eigenvalue weighted by atomic mass is 10.0. The van der Waals surface area contributed by atoms with Gasteiger partial charge in [-0.3, -0.25) is 24.7 Å². The van der Waals surface area contributed by atoms with Crippen LogP contribution in [0, 0.1) is 15.5 Å². The van der Waals surface area contributed by atoms with Crippen molar-refractivity contribution in [1.29, 1.82) is 5.41 Å². The summed E-state index contributed by atoms with van der Waals surface area (Å²) in [7, 11) is 0. The van der Waals surface area contributed by atoms with Crippen LogP contribution in [0.25, 0.3) is 0 Å². The summed E-state index contributed by atoms with van der Waals surface area (Å²) in [6, 6.07) is -1.77. The molecule has 0 aromatic heterocycles. The quantitative estimate of drug-likeness (QED) is 0.182. The first kappa shape index (κ1) is 24.8. The number of carbonyl (C=O) groups excluding carboxylic acids is 4. The summed E-state index contributed by atoms with van der Waals surface area (Å²) >= 11 is 0. The number of alkyl carbamates (subject to hydrolysis) is 1. The fourth-order valence-corrected chi connectivity index (χ4v) is 3.47. The van der Waals surface area contributed by atoms with Crippen LogP contribution in [0.2, 0.25) is 0 Å². The van der Waals surface area contributed by atoms with Crippen molar-refractivity contribution in [1.82, 2.24) is 25.9 Å². The van der Waals surface area contributed by atoms with Crippen LogP contribution in [0.15, 0.2) is 0 Å². The number of nitrogens with one attached hydrogen (secondary N) is 4. The summed E-state index contributed by atoms with van der Waals surface area (Å²) in [5.74, 6) is -2.32. The molecule has 0 aliphatic carbocycles. The summed E-state index contributed by atoms with van der Waals surface area (Å²) in [6.45, 7) is 5.24. The van der Waals surface area contributed by atoms with Crippen molar-refractivity contribution in [2.45, 2.75) is 64.1 Å². The van der Waals surface area contributed by atoms with Crippen LogP contribution < -0.4 is 16.1 Å². The molecule has 0 aromatic rings. The highest BCUT2D eigenvalue weighted by molar-refractivity contribution is 6.00. The minimum Gasteiger partial charge on any atom is -0.444 e. The summed E-state index contributed by atoms with van der Waals surface area (Å²) in [6.07, 6.45) is 1.00. The second-order valence-corrected chi connectivity index (χ2v) is 8.57.